The molecule has 0 amide bonds. The smallest absolute Gasteiger partial charge is 0.226 e. The molecule has 2 heterocycles. The number of benzene rings is 2. The van der Waals surface area contributed by atoms with Crippen molar-refractivity contribution in [2.24, 2.45) is 4.99 Å². The number of ether oxygens (including phenoxy) is 1. The first kappa shape index (κ1) is 19.9. The molecule has 2 N–H and O–H groups in total. The largest absolute Gasteiger partial charge is 0.488 e. The molecule has 0 radical (unpaired) electrons. The molecule has 1 aromatic heterocycles. The quantitative estimate of drug-likeness (QED) is 0.462. The first-order chi connectivity index (χ1) is 14.7. The van der Waals surface area contributed by atoms with E-state index in [1.807, 2.05) is 25.1 Å². The van der Waals surface area contributed by atoms with Crippen LogP contribution in [0.4, 0.5) is 4.39 Å². The number of aliphatic imine (C=N–C) groups is 1. The zero-order valence-corrected chi connectivity index (χ0v) is 16.9. The van der Waals surface area contributed by atoms with Gasteiger partial charge in [0, 0.05) is 31.5 Å². The third-order valence-electron chi connectivity index (χ3n) is 4.83. The summed E-state index contributed by atoms with van der Waals surface area (Å²) >= 11 is 0. The van der Waals surface area contributed by atoms with Crippen molar-refractivity contribution < 1.29 is 13.5 Å². The Kier molecular flexibility index (Phi) is 6.27. The van der Waals surface area contributed by atoms with Gasteiger partial charge in [0.25, 0.3) is 0 Å². The predicted molar refractivity (Wildman–Crippen MR) is 114 cm³/mol. The van der Waals surface area contributed by atoms with E-state index in [0.29, 0.717) is 25.4 Å². The van der Waals surface area contributed by atoms with Crippen molar-refractivity contribution >= 4 is 5.96 Å². The van der Waals surface area contributed by atoms with Gasteiger partial charge in [0.1, 0.15) is 23.9 Å². The first-order valence-corrected chi connectivity index (χ1v) is 10.2. The number of para-hydroxylation sites is 1. The summed E-state index contributed by atoms with van der Waals surface area (Å²) in [6, 6.07) is 14.2. The van der Waals surface area contributed by atoms with Crippen LogP contribution in [0.1, 0.15) is 18.2 Å². The second kappa shape index (κ2) is 9.43. The van der Waals surface area contributed by atoms with Crippen LogP contribution in [0, 0.1) is 5.82 Å². The predicted octanol–water partition coefficient (Wildman–Crippen LogP) is 3.58. The lowest BCUT2D eigenvalue weighted by Crippen LogP contribution is -2.39. The Labute approximate surface area is 175 Å². The Balaban J connectivity index is 1.28. The summed E-state index contributed by atoms with van der Waals surface area (Å²) in [5.41, 5.74) is 2.81. The van der Waals surface area contributed by atoms with Gasteiger partial charge in [0.15, 0.2) is 5.96 Å². The first-order valence-electron chi connectivity index (χ1n) is 10.2. The van der Waals surface area contributed by atoms with Gasteiger partial charge >= 0.3 is 0 Å². The fourth-order valence-electron chi connectivity index (χ4n) is 3.35. The number of aromatic nitrogens is 1. The molecule has 0 fully saturated rings. The summed E-state index contributed by atoms with van der Waals surface area (Å²) in [4.78, 5) is 9.14. The maximum Gasteiger partial charge on any atom is 0.226 e. The number of nitrogens with one attached hydrogen (secondary N) is 2. The van der Waals surface area contributed by atoms with Gasteiger partial charge in [-0.15, -0.1) is 0 Å². The molecule has 7 heteroatoms. The Morgan fingerprint density at radius 3 is 2.80 bits per heavy atom. The second-order valence-electron chi connectivity index (χ2n) is 7.10. The highest BCUT2D eigenvalue weighted by Crippen LogP contribution is 2.28. The molecule has 0 saturated heterocycles. The van der Waals surface area contributed by atoms with Gasteiger partial charge in [-0.1, -0.05) is 18.2 Å². The summed E-state index contributed by atoms with van der Waals surface area (Å²) in [6.07, 6.45) is 3.25. The van der Waals surface area contributed by atoms with Crippen LogP contribution < -0.4 is 15.4 Å². The molecular formula is C23H25FN4O2. The maximum absolute atomic E-state index is 13.1. The molecule has 30 heavy (non-hydrogen) atoms. The fraction of sp³-hybridized carbons (Fsp3) is 0.304. The number of halogens is 1. The molecule has 0 bridgehead atoms. The van der Waals surface area contributed by atoms with Gasteiger partial charge in [-0.2, -0.15) is 0 Å². The van der Waals surface area contributed by atoms with Crippen molar-refractivity contribution in [3.63, 3.8) is 0 Å². The number of hydrogen-bond donors (Lipinski definition) is 2. The van der Waals surface area contributed by atoms with E-state index in [4.69, 9.17) is 9.15 Å². The molecule has 156 valence electrons. The van der Waals surface area contributed by atoms with Crippen LogP contribution in [-0.2, 0) is 12.8 Å². The van der Waals surface area contributed by atoms with Crippen molar-refractivity contribution in [2.75, 3.05) is 19.6 Å². The summed E-state index contributed by atoms with van der Waals surface area (Å²) in [5.74, 6) is 1.92. The van der Waals surface area contributed by atoms with Crippen LogP contribution >= 0.6 is 0 Å². The number of oxazole rings is 1. The van der Waals surface area contributed by atoms with E-state index in [-0.39, 0.29) is 11.9 Å². The highest BCUT2D eigenvalue weighted by atomic mass is 19.1. The fourth-order valence-corrected chi connectivity index (χ4v) is 3.35. The molecule has 1 atom stereocenters. The highest BCUT2D eigenvalue weighted by molar-refractivity contribution is 5.79. The lowest BCUT2D eigenvalue weighted by Gasteiger charge is -2.12. The van der Waals surface area contributed by atoms with E-state index >= 15 is 0 Å². The van der Waals surface area contributed by atoms with E-state index in [2.05, 4.69) is 26.7 Å². The van der Waals surface area contributed by atoms with Crippen LogP contribution in [-0.4, -0.2) is 36.7 Å². The maximum atomic E-state index is 13.1. The van der Waals surface area contributed by atoms with Crippen molar-refractivity contribution in [1.82, 2.24) is 15.6 Å². The van der Waals surface area contributed by atoms with Crippen LogP contribution in [0.5, 0.6) is 5.75 Å². The molecule has 0 spiro atoms. The van der Waals surface area contributed by atoms with Gasteiger partial charge < -0.3 is 19.8 Å². The van der Waals surface area contributed by atoms with Crippen molar-refractivity contribution in [2.45, 2.75) is 25.9 Å². The van der Waals surface area contributed by atoms with Gasteiger partial charge in [-0.05, 0) is 42.8 Å². The van der Waals surface area contributed by atoms with Crippen molar-refractivity contribution in [3.8, 4) is 17.2 Å². The zero-order chi connectivity index (χ0) is 20.8. The minimum absolute atomic E-state index is 0.0617. The minimum atomic E-state index is -0.281. The number of nitrogens with zero attached hydrogens (tertiary/aromatic N) is 2. The molecule has 2 aromatic carbocycles. The summed E-state index contributed by atoms with van der Waals surface area (Å²) in [7, 11) is 0. The van der Waals surface area contributed by atoms with Crippen molar-refractivity contribution in [1.29, 1.82) is 0 Å². The molecular weight excluding hydrogens is 383 g/mol. The molecule has 1 aliphatic rings. The van der Waals surface area contributed by atoms with Crippen LogP contribution in [0.2, 0.25) is 0 Å². The monoisotopic (exact) mass is 408 g/mol. The third-order valence-corrected chi connectivity index (χ3v) is 4.83. The number of hydrogen-bond acceptors (Lipinski definition) is 4. The van der Waals surface area contributed by atoms with Crippen LogP contribution in [0.25, 0.3) is 11.5 Å². The minimum Gasteiger partial charge on any atom is -0.488 e. The average molecular weight is 408 g/mol. The highest BCUT2D eigenvalue weighted by Gasteiger charge is 2.21. The summed E-state index contributed by atoms with van der Waals surface area (Å²) < 4.78 is 24.5. The van der Waals surface area contributed by atoms with E-state index in [0.717, 1.165) is 35.9 Å². The Hall–Kier alpha value is -3.35. The number of rotatable bonds is 7. The third kappa shape index (κ3) is 4.97. The Morgan fingerprint density at radius 1 is 1.17 bits per heavy atom. The molecule has 1 aliphatic heterocycles. The van der Waals surface area contributed by atoms with Crippen LogP contribution in [0.15, 0.2) is 64.2 Å². The molecule has 6 nitrogen and oxygen atoms in total. The summed E-state index contributed by atoms with van der Waals surface area (Å²) in [6.45, 7) is 4.05. The normalized spacial score (nSPS) is 15.5. The zero-order valence-electron chi connectivity index (χ0n) is 16.9. The number of fused-ring (bicyclic) bond motifs is 1. The van der Waals surface area contributed by atoms with Crippen LogP contribution in [0.3, 0.4) is 0 Å². The van der Waals surface area contributed by atoms with E-state index < -0.39 is 0 Å². The molecule has 4 rings (SSSR count). The number of guanidine groups is 1. The second-order valence-corrected chi connectivity index (χ2v) is 7.10. The Bertz CT molecular complexity index is 975. The topological polar surface area (TPSA) is 71.7 Å². The van der Waals surface area contributed by atoms with E-state index in [1.54, 1.807) is 18.4 Å². The molecule has 3 aromatic rings. The Morgan fingerprint density at radius 2 is 2.00 bits per heavy atom. The van der Waals surface area contributed by atoms with Crippen molar-refractivity contribution in [3.05, 3.63) is 71.9 Å². The lowest BCUT2D eigenvalue weighted by atomic mass is 10.1. The molecule has 0 aliphatic carbocycles. The van der Waals surface area contributed by atoms with Gasteiger partial charge in [-0.25, -0.2) is 14.4 Å². The van der Waals surface area contributed by atoms with E-state index in [9.17, 15) is 4.39 Å². The molecule has 1 unspecified atom stereocenters. The standard InChI is InChI=1S/C23H25FN4O2/c1-2-25-23(27-14-20-13-17-5-3-4-6-21(17)30-20)26-12-11-19-15-29-22(28-19)16-7-9-18(24)10-8-16/h3-10,15,20H,2,11-14H2,1H3,(H2,25,26,27). The molecule has 0 saturated carbocycles. The SMILES string of the molecule is CCNC(=NCC1Cc2ccccc2O1)NCCc1coc(-c2ccc(F)cc2)n1. The lowest BCUT2D eigenvalue weighted by molar-refractivity contribution is 0.241. The van der Waals surface area contributed by atoms with Gasteiger partial charge in [-0.3, -0.25) is 0 Å². The van der Waals surface area contributed by atoms with Gasteiger partial charge in [0.2, 0.25) is 5.89 Å². The summed E-state index contributed by atoms with van der Waals surface area (Å²) in [5, 5.41) is 6.58. The van der Waals surface area contributed by atoms with Gasteiger partial charge in [0.05, 0.1) is 12.2 Å². The van der Waals surface area contributed by atoms with E-state index in [1.165, 1.54) is 17.7 Å². The average Bonchev–Trinajstić information content (AvgIpc) is 3.39.